The van der Waals surface area contributed by atoms with Crippen molar-refractivity contribution in [3.63, 3.8) is 0 Å². The first kappa shape index (κ1) is 34.8. The van der Waals surface area contributed by atoms with Crippen LogP contribution in [0.15, 0.2) is 237 Å². The van der Waals surface area contributed by atoms with Gasteiger partial charge < -0.3 is 4.57 Å². The fourth-order valence-electron chi connectivity index (χ4n) is 8.30. The monoisotopic (exact) mass is 743 g/mol. The second-order valence-electron chi connectivity index (χ2n) is 14.6. The predicted molar refractivity (Wildman–Crippen MR) is 245 cm³/mol. The van der Waals surface area contributed by atoms with Gasteiger partial charge in [-0.1, -0.05) is 188 Å². The standard InChI is InChI=1S/C55H41N3/c1-6-20-41(21-7-1)40-56-54(57(48-30-12-4-13-31-48)50-36-34-42-22-16-18-28-46(42)38-50)52(44-24-8-2-9-25-44)53(45-26-10-3-11-27-45)55(56)58(49-32-14-5-15-33-49)51-37-35-43-23-17-19-29-47(43)39-51/h1-39H,40H2. The second-order valence-corrected chi connectivity index (χ2v) is 14.6. The van der Waals surface area contributed by atoms with Gasteiger partial charge in [0.15, 0.2) is 0 Å². The summed E-state index contributed by atoms with van der Waals surface area (Å²) < 4.78 is 2.56. The van der Waals surface area contributed by atoms with Crippen LogP contribution in [0.5, 0.6) is 0 Å². The lowest BCUT2D eigenvalue weighted by Crippen LogP contribution is -2.20. The zero-order valence-corrected chi connectivity index (χ0v) is 32.1. The van der Waals surface area contributed by atoms with Crippen LogP contribution in [0.4, 0.5) is 34.4 Å². The third kappa shape index (κ3) is 6.59. The maximum atomic E-state index is 2.56. The van der Waals surface area contributed by atoms with Gasteiger partial charge in [0.05, 0.1) is 6.54 Å². The normalized spacial score (nSPS) is 11.2. The summed E-state index contributed by atoms with van der Waals surface area (Å²) in [7, 11) is 0. The Labute approximate surface area is 339 Å². The van der Waals surface area contributed by atoms with E-state index in [1.807, 2.05) is 0 Å². The SMILES string of the molecule is c1ccc(Cn2c(N(c3ccccc3)c3ccc4ccccc4c3)c(-c3ccccc3)c(-c3ccccc3)c2N(c2ccccc2)c2ccc3ccccc3c2)cc1. The van der Waals surface area contributed by atoms with Gasteiger partial charge in [0.25, 0.3) is 0 Å². The lowest BCUT2D eigenvalue weighted by molar-refractivity contribution is 0.799. The molecule has 0 saturated heterocycles. The van der Waals surface area contributed by atoms with Crippen LogP contribution in [0.25, 0.3) is 43.8 Å². The van der Waals surface area contributed by atoms with Crippen LogP contribution < -0.4 is 9.80 Å². The Kier molecular flexibility index (Phi) is 9.30. The fourth-order valence-corrected chi connectivity index (χ4v) is 8.30. The van der Waals surface area contributed by atoms with Gasteiger partial charge in [0.2, 0.25) is 0 Å². The van der Waals surface area contributed by atoms with Gasteiger partial charge >= 0.3 is 0 Å². The van der Waals surface area contributed by atoms with Gasteiger partial charge in [-0.05, 0) is 86.8 Å². The Hall–Kier alpha value is -7.62. The maximum absolute atomic E-state index is 2.56. The Morgan fingerprint density at radius 2 is 0.638 bits per heavy atom. The summed E-state index contributed by atoms with van der Waals surface area (Å²) in [5.41, 5.74) is 10.1. The molecule has 0 aliphatic rings. The molecule has 0 spiro atoms. The number of hydrogen-bond donors (Lipinski definition) is 0. The van der Waals surface area contributed by atoms with Crippen molar-refractivity contribution in [2.75, 3.05) is 9.80 Å². The van der Waals surface area contributed by atoms with Crippen LogP contribution in [-0.2, 0) is 6.54 Å². The number of para-hydroxylation sites is 2. The number of rotatable bonds is 10. The van der Waals surface area contributed by atoms with Crippen LogP contribution in [0, 0.1) is 0 Å². The summed E-state index contributed by atoms with van der Waals surface area (Å²) in [6.07, 6.45) is 0. The largest absolute Gasteiger partial charge is 0.308 e. The van der Waals surface area contributed by atoms with Gasteiger partial charge in [-0.15, -0.1) is 0 Å². The summed E-state index contributed by atoms with van der Waals surface area (Å²) in [6.45, 7) is 0.617. The van der Waals surface area contributed by atoms with Crippen molar-refractivity contribution in [1.29, 1.82) is 0 Å². The third-order valence-electron chi connectivity index (χ3n) is 11.0. The Bertz CT molecular complexity index is 2770. The van der Waals surface area contributed by atoms with Crippen molar-refractivity contribution in [3.8, 4) is 22.3 Å². The molecule has 0 fully saturated rings. The van der Waals surface area contributed by atoms with E-state index in [2.05, 4.69) is 251 Å². The van der Waals surface area contributed by atoms with Crippen LogP contribution >= 0.6 is 0 Å². The van der Waals surface area contributed by atoms with Gasteiger partial charge in [0, 0.05) is 33.9 Å². The summed E-state index contributed by atoms with van der Waals surface area (Å²) >= 11 is 0. The molecule has 1 aromatic heterocycles. The summed E-state index contributed by atoms with van der Waals surface area (Å²) in [6, 6.07) is 85.4. The van der Waals surface area contributed by atoms with Crippen molar-refractivity contribution in [2.45, 2.75) is 6.54 Å². The van der Waals surface area contributed by atoms with Crippen LogP contribution in [-0.4, -0.2) is 4.57 Å². The number of anilines is 6. The van der Waals surface area contributed by atoms with Crippen molar-refractivity contribution in [3.05, 3.63) is 242 Å². The van der Waals surface area contributed by atoms with Crippen LogP contribution in [0.3, 0.4) is 0 Å². The average Bonchev–Trinajstić information content (AvgIpc) is 3.61. The van der Waals surface area contributed by atoms with Crippen molar-refractivity contribution in [1.82, 2.24) is 4.57 Å². The first-order valence-electron chi connectivity index (χ1n) is 19.9. The number of benzene rings is 9. The number of fused-ring (bicyclic) bond motifs is 2. The minimum atomic E-state index is 0.617. The van der Waals surface area contributed by atoms with Crippen molar-refractivity contribution < 1.29 is 0 Å². The molecule has 9 aromatic carbocycles. The van der Waals surface area contributed by atoms with Crippen LogP contribution in [0.2, 0.25) is 0 Å². The van der Waals surface area contributed by atoms with Crippen LogP contribution in [0.1, 0.15) is 5.56 Å². The molecule has 0 N–H and O–H groups in total. The van der Waals surface area contributed by atoms with E-state index in [1.54, 1.807) is 0 Å². The highest BCUT2D eigenvalue weighted by molar-refractivity contribution is 6.05. The summed E-state index contributed by atoms with van der Waals surface area (Å²) in [5, 5.41) is 4.79. The minimum Gasteiger partial charge on any atom is -0.308 e. The molecule has 0 aliphatic heterocycles. The molecule has 58 heavy (non-hydrogen) atoms. The lowest BCUT2D eigenvalue weighted by atomic mass is 9.96. The van der Waals surface area contributed by atoms with E-state index in [-0.39, 0.29) is 0 Å². The maximum Gasteiger partial charge on any atom is 0.128 e. The highest BCUT2D eigenvalue weighted by Crippen LogP contribution is 2.55. The van der Waals surface area contributed by atoms with Gasteiger partial charge in [-0.3, -0.25) is 9.80 Å². The van der Waals surface area contributed by atoms with Crippen molar-refractivity contribution in [2.24, 2.45) is 0 Å². The average molecular weight is 744 g/mol. The Morgan fingerprint density at radius 1 is 0.293 bits per heavy atom. The van der Waals surface area contributed by atoms with E-state index < -0.39 is 0 Å². The molecule has 3 heteroatoms. The van der Waals surface area contributed by atoms with Crippen molar-refractivity contribution >= 4 is 55.9 Å². The Morgan fingerprint density at radius 3 is 1.05 bits per heavy atom. The Balaban J connectivity index is 1.40. The molecule has 0 aliphatic carbocycles. The highest BCUT2D eigenvalue weighted by Gasteiger charge is 2.34. The summed E-state index contributed by atoms with van der Waals surface area (Å²) in [4.78, 5) is 4.94. The fraction of sp³-hybridized carbons (Fsp3) is 0.0182. The van der Waals surface area contributed by atoms with E-state index in [4.69, 9.17) is 0 Å². The van der Waals surface area contributed by atoms with Gasteiger partial charge in [-0.2, -0.15) is 0 Å². The number of hydrogen-bond acceptors (Lipinski definition) is 2. The third-order valence-corrected chi connectivity index (χ3v) is 11.0. The zero-order valence-electron chi connectivity index (χ0n) is 32.1. The van der Waals surface area contributed by atoms with E-state index in [0.717, 1.165) is 56.6 Å². The van der Waals surface area contributed by atoms with E-state index in [1.165, 1.54) is 27.1 Å². The molecule has 276 valence electrons. The number of nitrogens with zero attached hydrogens (tertiary/aromatic N) is 3. The second kappa shape index (κ2) is 15.5. The first-order valence-corrected chi connectivity index (χ1v) is 19.9. The lowest BCUT2D eigenvalue weighted by Gasteiger charge is -2.31. The topological polar surface area (TPSA) is 11.4 Å². The summed E-state index contributed by atoms with van der Waals surface area (Å²) in [5.74, 6) is 2.15. The van der Waals surface area contributed by atoms with E-state index in [9.17, 15) is 0 Å². The molecule has 0 saturated carbocycles. The minimum absolute atomic E-state index is 0.617. The molecule has 1 heterocycles. The molecule has 0 atom stereocenters. The molecule has 3 nitrogen and oxygen atoms in total. The molecule has 10 aromatic rings. The molecule has 0 bridgehead atoms. The highest BCUT2D eigenvalue weighted by atomic mass is 15.3. The van der Waals surface area contributed by atoms with Gasteiger partial charge in [-0.25, -0.2) is 0 Å². The predicted octanol–water partition coefficient (Wildman–Crippen LogP) is 15.1. The molecular formula is C55H41N3. The molecule has 10 rings (SSSR count). The molecule has 0 radical (unpaired) electrons. The smallest absolute Gasteiger partial charge is 0.128 e. The molecule has 0 unspecified atom stereocenters. The number of aromatic nitrogens is 1. The van der Waals surface area contributed by atoms with Gasteiger partial charge in [0.1, 0.15) is 11.6 Å². The van der Waals surface area contributed by atoms with E-state index >= 15 is 0 Å². The van der Waals surface area contributed by atoms with E-state index in [0.29, 0.717) is 6.54 Å². The zero-order chi connectivity index (χ0) is 38.7. The first-order chi connectivity index (χ1) is 28.8. The molecular weight excluding hydrogens is 703 g/mol. The molecule has 0 amide bonds. The quantitative estimate of drug-likeness (QED) is 0.138.